The highest BCUT2D eigenvalue weighted by atomic mass is 32.1. The monoisotopic (exact) mass is 322 g/mol. The van der Waals surface area contributed by atoms with Crippen LogP contribution in [-0.2, 0) is 0 Å². The van der Waals surface area contributed by atoms with Crippen LogP contribution in [0.25, 0.3) is 11.1 Å². The van der Waals surface area contributed by atoms with Gasteiger partial charge >= 0.3 is 0 Å². The van der Waals surface area contributed by atoms with Gasteiger partial charge in [0.1, 0.15) is 5.82 Å². The molecule has 3 N–H and O–H groups in total. The molecule has 0 atom stereocenters. The Balaban J connectivity index is 1.86. The predicted octanol–water partition coefficient (Wildman–Crippen LogP) is 4.46. The van der Waals surface area contributed by atoms with Crippen LogP contribution in [0.15, 0.2) is 52.9 Å². The van der Waals surface area contributed by atoms with Crippen LogP contribution in [0.4, 0.5) is 10.9 Å². The summed E-state index contributed by atoms with van der Waals surface area (Å²) in [5, 5.41) is 6.73. The molecule has 5 heteroatoms. The van der Waals surface area contributed by atoms with Crippen LogP contribution in [-0.4, -0.2) is 11.2 Å². The Morgan fingerprint density at radius 3 is 2.70 bits per heavy atom. The highest BCUT2D eigenvalue weighted by Gasteiger charge is 2.04. The Bertz CT molecular complexity index is 852. The average molecular weight is 322 g/mol. The predicted molar refractivity (Wildman–Crippen MR) is 99.1 cm³/mol. The van der Waals surface area contributed by atoms with E-state index < -0.39 is 0 Å². The van der Waals surface area contributed by atoms with Crippen molar-refractivity contribution >= 4 is 28.5 Å². The molecule has 3 aromatic rings. The van der Waals surface area contributed by atoms with E-state index in [9.17, 15) is 0 Å². The maximum absolute atomic E-state index is 5.60. The minimum absolute atomic E-state index is 0.503. The first-order valence-electron chi connectivity index (χ1n) is 7.30. The third-order valence-electron chi connectivity index (χ3n) is 3.66. The van der Waals surface area contributed by atoms with Gasteiger partial charge in [-0.05, 0) is 36.1 Å². The summed E-state index contributed by atoms with van der Waals surface area (Å²) in [5.74, 6) is 0.503. The first-order valence-corrected chi connectivity index (χ1v) is 8.18. The second-order valence-corrected chi connectivity index (χ2v) is 6.19. The van der Waals surface area contributed by atoms with Crippen molar-refractivity contribution in [3.8, 4) is 11.1 Å². The minimum atomic E-state index is 0.503. The van der Waals surface area contributed by atoms with E-state index in [4.69, 9.17) is 5.73 Å². The second-order valence-electron chi connectivity index (χ2n) is 5.33. The molecule has 0 spiro atoms. The zero-order valence-electron chi connectivity index (χ0n) is 13.1. The molecular formula is C18H18N4S. The highest BCUT2D eigenvalue weighted by molar-refractivity contribution is 7.14. The average Bonchev–Trinajstić information content (AvgIpc) is 2.96. The van der Waals surface area contributed by atoms with Crippen LogP contribution in [0.2, 0.25) is 0 Å². The van der Waals surface area contributed by atoms with Crippen LogP contribution in [0.1, 0.15) is 16.7 Å². The van der Waals surface area contributed by atoms with Crippen molar-refractivity contribution in [2.24, 2.45) is 5.10 Å². The van der Waals surface area contributed by atoms with E-state index in [-0.39, 0.29) is 0 Å². The number of benzene rings is 2. The summed E-state index contributed by atoms with van der Waals surface area (Å²) in [6.45, 7) is 4.25. The largest absolute Gasteiger partial charge is 0.383 e. The van der Waals surface area contributed by atoms with Crippen molar-refractivity contribution in [2.45, 2.75) is 13.8 Å². The van der Waals surface area contributed by atoms with Crippen LogP contribution in [0.3, 0.4) is 0 Å². The van der Waals surface area contributed by atoms with E-state index in [0.29, 0.717) is 10.9 Å². The first kappa shape index (κ1) is 15.2. The highest BCUT2D eigenvalue weighted by Crippen LogP contribution is 2.25. The lowest BCUT2D eigenvalue weighted by Gasteiger charge is -2.08. The fraction of sp³-hybridized carbons (Fsp3) is 0.111. The molecule has 1 heterocycles. The molecule has 3 rings (SSSR count). The summed E-state index contributed by atoms with van der Waals surface area (Å²) in [4.78, 5) is 4.12. The van der Waals surface area contributed by atoms with Crippen molar-refractivity contribution in [2.75, 3.05) is 11.2 Å². The van der Waals surface area contributed by atoms with Gasteiger partial charge in [0.05, 0.1) is 6.21 Å². The lowest BCUT2D eigenvalue weighted by molar-refractivity contribution is 1.29. The molecule has 23 heavy (non-hydrogen) atoms. The topological polar surface area (TPSA) is 63.3 Å². The third kappa shape index (κ3) is 3.57. The fourth-order valence-corrected chi connectivity index (χ4v) is 2.82. The zero-order chi connectivity index (χ0) is 16.2. The molecule has 1 aromatic heterocycles. The number of thiazole rings is 1. The van der Waals surface area contributed by atoms with Crippen molar-refractivity contribution in [3.05, 3.63) is 64.5 Å². The minimum Gasteiger partial charge on any atom is -0.383 e. The van der Waals surface area contributed by atoms with Crippen LogP contribution >= 0.6 is 11.3 Å². The number of nitrogens with one attached hydrogen (secondary N) is 1. The summed E-state index contributed by atoms with van der Waals surface area (Å²) >= 11 is 1.43. The SMILES string of the molecule is Cc1ccc(-c2ccccc2C=NNc2nc(N)cs2)cc1C. The maximum Gasteiger partial charge on any atom is 0.205 e. The second kappa shape index (κ2) is 6.62. The smallest absolute Gasteiger partial charge is 0.205 e. The van der Waals surface area contributed by atoms with Gasteiger partial charge in [0, 0.05) is 10.9 Å². The number of hydrazone groups is 1. The summed E-state index contributed by atoms with van der Waals surface area (Å²) in [7, 11) is 0. The Hall–Kier alpha value is -2.66. The summed E-state index contributed by atoms with van der Waals surface area (Å²) in [6, 6.07) is 14.7. The Kier molecular flexibility index (Phi) is 4.39. The summed E-state index contributed by atoms with van der Waals surface area (Å²) in [6.07, 6.45) is 1.81. The summed E-state index contributed by atoms with van der Waals surface area (Å²) in [5.41, 5.74) is 14.5. The van der Waals surface area contributed by atoms with Crippen LogP contribution in [0.5, 0.6) is 0 Å². The summed E-state index contributed by atoms with van der Waals surface area (Å²) < 4.78 is 0. The number of hydrogen-bond donors (Lipinski definition) is 2. The molecule has 4 nitrogen and oxygen atoms in total. The molecule has 0 amide bonds. The number of nitrogens with zero attached hydrogens (tertiary/aromatic N) is 2. The molecule has 0 bridgehead atoms. The quantitative estimate of drug-likeness (QED) is 0.551. The Morgan fingerprint density at radius 2 is 1.96 bits per heavy atom. The number of hydrogen-bond acceptors (Lipinski definition) is 5. The number of rotatable bonds is 4. The van der Waals surface area contributed by atoms with Gasteiger partial charge in [0.2, 0.25) is 5.13 Å². The van der Waals surface area contributed by atoms with Crippen LogP contribution in [0, 0.1) is 13.8 Å². The van der Waals surface area contributed by atoms with E-state index >= 15 is 0 Å². The maximum atomic E-state index is 5.60. The molecular weight excluding hydrogens is 304 g/mol. The van der Waals surface area contributed by atoms with Crippen molar-refractivity contribution in [3.63, 3.8) is 0 Å². The molecule has 0 fully saturated rings. The van der Waals surface area contributed by atoms with Crippen molar-refractivity contribution < 1.29 is 0 Å². The van der Waals surface area contributed by atoms with Crippen molar-refractivity contribution in [1.82, 2.24) is 4.98 Å². The van der Waals surface area contributed by atoms with Gasteiger partial charge in [-0.15, -0.1) is 11.3 Å². The molecule has 0 radical (unpaired) electrons. The standard InChI is InChI=1S/C18H18N4S/c1-12-7-8-14(9-13(12)2)16-6-4-3-5-15(16)10-20-22-18-21-17(19)11-23-18/h3-11H,19H2,1-2H3,(H,21,22). The number of nitrogen functional groups attached to an aromatic ring is 1. The van der Waals surface area contributed by atoms with E-state index in [1.165, 1.54) is 28.0 Å². The molecule has 0 saturated carbocycles. The Morgan fingerprint density at radius 1 is 1.13 bits per heavy atom. The molecule has 0 unspecified atom stereocenters. The number of aromatic nitrogens is 1. The Labute approximate surface area is 139 Å². The van der Waals surface area contributed by atoms with E-state index in [0.717, 1.165) is 11.1 Å². The molecule has 0 aliphatic carbocycles. The normalized spacial score (nSPS) is 11.0. The van der Waals surface area contributed by atoms with Crippen molar-refractivity contribution in [1.29, 1.82) is 0 Å². The zero-order valence-corrected chi connectivity index (χ0v) is 13.9. The number of nitrogens with two attached hydrogens (primary N) is 1. The lowest BCUT2D eigenvalue weighted by atomic mass is 9.97. The first-order chi connectivity index (χ1) is 11.1. The molecule has 0 aliphatic heterocycles. The molecule has 2 aromatic carbocycles. The van der Waals surface area contributed by atoms with Crippen LogP contribution < -0.4 is 11.2 Å². The van der Waals surface area contributed by atoms with E-state index in [2.05, 4.69) is 53.6 Å². The van der Waals surface area contributed by atoms with E-state index in [1.807, 2.05) is 24.4 Å². The number of anilines is 2. The van der Waals surface area contributed by atoms with Gasteiger partial charge < -0.3 is 5.73 Å². The van der Waals surface area contributed by atoms with Gasteiger partial charge in [-0.3, -0.25) is 5.43 Å². The number of aryl methyl sites for hydroxylation is 2. The molecule has 0 saturated heterocycles. The van der Waals surface area contributed by atoms with Gasteiger partial charge in [-0.25, -0.2) is 4.98 Å². The fourth-order valence-electron chi connectivity index (χ4n) is 2.28. The lowest BCUT2D eigenvalue weighted by Crippen LogP contribution is -1.93. The molecule has 0 aliphatic rings. The third-order valence-corrected chi connectivity index (χ3v) is 4.43. The van der Waals surface area contributed by atoms with Gasteiger partial charge in [0.15, 0.2) is 0 Å². The van der Waals surface area contributed by atoms with Gasteiger partial charge in [-0.2, -0.15) is 5.10 Å². The molecule has 116 valence electrons. The van der Waals surface area contributed by atoms with Gasteiger partial charge in [0.25, 0.3) is 0 Å². The van der Waals surface area contributed by atoms with Gasteiger partial charge in [-0.1, -0.05) is 42.5 Å². The van der Waals surface area contributed by atoms with E-state index in [1.54, 1.807) is 5.38 Å².